The standard InChI is InChI=1S/C8H17NO3/c1-7(2)5-4-6-11-8(10)12-9-3/h7,9H,4-6H2,1-3H3. The van der Waals surface area contributed by atoms with Gasteiger partial charge in [0.2, 0.25) is 0 Å². The van der Waals surface area contributed by atoms with Crippen LogP contribution < -0.4 is 5.48 Å². The Labute approximate surface area is 73.2 Å². The van der Waals surface area contributed by atoms with Gasteiger partial charge in [-0.2, -0.15) is 5.48 Å². The molecule has 72 valence electrons. The van der Waals surface area contributed by atoms with Crippen LogP contribution in [-0.4, -0.2) is 19.8 Å². The van der Waals surface area contributed by atoms with Crippen molar-refractivity contribution in [3.63, 3.8) is 0 Å². The second kappa shape index (κ2) is 6.91. The summed E-state index contributed by atoms with van der Waals surface area (Å²) in [5, 5.41) is 0. The first-order chi connectivity index (χ1) is 5.66. The largest absolute Gasteiger partial charge is 0.527 e. The first-order valence-corrected chi connectivity index (χ1v) is 4.17. The molecule has 4 heteroatoms. The van der Waals surface area contributed by atoms with E-state index in [1.165, 1.54) is 7.05 Å². The van der Waals surface area contributed by atoms with E-state index in [4.69, 9.17) is 4.74 Å². The lowest BCUT2D eigenvalue weighted by molar-refractivity contribution is 0.0232. The summed E-state index contributed by atoms with van der Waals surface area (Å²) in [4.78, 5) is 14.9. The van der Waals surface area contributed by atoms with Crippen LogP contribution in [0.3, 0.4) is 0 Å². The van der Waals surface area contributed by atoms with Gasteiger partial charge in [0.05, 0.1) is 6.61 Å². The van der Waals surface area contributed by atoms with E-state index >= 15 is 0 Å². The fourth-order valence-electron chi connectivity index (χ4n) is 0.760. The molecule has 4 nitrogen and oxygen atoms in total. The molecule has 0 saturated carbocycles. The van der Waals surface area contributed by atoms with E-state index in [0.717, 1.165) is 12.8 Å². The molecule has 0 rings (SSSR count). The first-order valence-electron chi connectivity index (χ1n) is 4.17. The van der Waals surface area contributed by atoms with Crippen molar-refractivity contribution in [1.29, 1.82) is 0 Å². The summed E-state index contributed by atoms with van der Waals surface area (Å²) in [6.45, 7) is 4.69. The Kier molecular flexibility index (Phi) is 6.47. The van der Waals surface area contributed by atoms with Crippen LogP contribution in [0.1, 0.15) is 26.7 Å². The van der Waals surface area contributed by atoms with Crippen LogP contribution in [0.2, 0.25) is 0 Å². The summed E-state index contributed by atoms with van der Waals surface area (Å²) in [5.74, 6) is 0.647. The molecule has 0 aliphatic heterocycles. The number of hydroxylamine groups is 1. The number of hydrogen-bond acceptors (Lipinski definition) is 4. The van der Waals surface area contributed by atoms with Gasteiger partial charge < -0.3 is 9.57 Å². The number of hydrogen-bond donors (Lipinski definition) is 1. The molecule has 0 atom stereocenters. The Hall–Kier alpha value is -0.770. The van der Waals surface area contributed by atoms with Crippen LogP contribution in [0.5, 0.6) is 0 Å². The predicted octanol–water partition coefficient (Wildman–Crippen LogP) is 1.71. The summed E-state index contributed by atoms with van der Waals surface area (Å²) in [7, 11) is 1.51. The van der Waals surface area contributed by atoms with E-state index in [1.807, 2.05) is 0 Å². The molecule has 0 radical (unpaired) electrons. The monoisotopic (exact) mass is 175 g/mol. The smallest absolute Gasteiger partial charge is 0.433 e. The molecule has 0 fully saturated rings. The highest BCUT2D eigenvalue weighted by Crippen LogP contribution is 2.03. The van der Waals surface area contributed by atoms with Gasteiger partial charge in [-0.05, 0) is 18.8 Å². The van der Waals surface area contributed by atoms with Crippen LogP contribution in [0.25, 0.3) is 0 Å². The van der Waals surface area contributed by atoms with E-state index in [9.17, 15) is 4.79 Å². The lowest BCUT2D eigenvalue weighted by Crippen LogP contribution is -2.16. The zero-order valence-corrected chi connectivity index (χ0v) is 7.92. The van der Waals surface area contributed by atoms with E-state index in [1.54, 1.807) is 0 Å². The van der Waals surface area contributed by atoms with Crippen molar-refractivity contribution in [3.8, 4) is 0 Å². The van der Waals surface area contributed by atoms with Crippen molar-refractivity contribution < 1.29 is 14.4 Å². The lowest BCUT2D eigenvalue weighted by Gasteiger charge is -2.05. The molecular formula is C8H17NO3. The van der Waals surface area contributed by atoms with E-state index in [0.29, 0.717) is 12.5 Å². The number of rotatable bonds is 5. The van der Waals surface area contributed by atoms with Crippen molar-refractivity contribution in [3.05, 3.63) is 0 Å². The van der Waals surface area contributed by atoms with Crippen molar-refractivity contribution >= 4 is 6.16 Å². The van der Waals surface area contributed by atoms with E-state index in [-0.39, 0.29) is 0 Å². The van der Waals surface area contributed by atoms with Gasteiger partial charge in [-0.15, -0.1) is 0 Å². The fraction of sp³-hybridized carbons (Fsp3) is 0.875. The zero-order valence-electron chi connectivity index (χ0n) is 7.92. The maximum absolute atomic E-state index is 10.6. The second-order valence-electron chi connectivity index (χ2n) is 2.94. The summed E-state index contributed by atoms with van der Waals surface area (Å²) >= 11 is 0. The molecule has 12 heavy (non-hydrogen) atoms. The molecule has 0 aromatic carbocycles. The highest BCUT2D eigenvalue weighted by Gasteiger charge is 2.01. The van der Waals surface area contributed by atoms with E-state index in [2.05, 4.69) is 24.2 Å². The molecule has 0 aromatic rings. The number of nitrogens with one attached hydrogen (secondary N) is 1. The Morgan fingerprint density at radius 3 is 2.67 bits per heavy atom. The number of ether oxygens (including phenoxy) is 1. The minimum atomic E-state index is -0.666. The quantitative estimate of drug-likeness (QED) is 0.392. The summed E-state index contributed by atoms with van der Waals surface area (Å²) in [5.41, 5.74) is 2.24. The van der Waals surface area contributed by atoms with Gasteiger partial charge in [0, 0.05) is 7.05 Å². The van der Waals surface area contributed by atoms with Crippen molar-refractivity contribution in [1.82, 2.24) is 5.48 Å². The van der Waals surface area contributed by atoms with Gasteiger partial charge >= 0.3 is 6.16 Å². The molecular weight excluding hydrogens is 158 g/mol. The Balaban J connectivity index is 3.14. The average molecular weight is 175 g/mol. The minimum Gasteiger partial charge on any atom is -0.433 e. The highest BCUT2D eigenvalue weighted by molar-refractivity contribution is 5.59. The molecule has 0 unspecified atom stereocenters. The molecule has 0 aliphatic rings. The minimum absolute atomic E-state index is 0.429. The maximum atomic E-state index is 10.6. The molecule has 0 aliphatic carbocycles. The van der Waals surface area contributed by atoms with Crippen LogP contribution in [0.15, 0.2) is 0 Å². The topological polar surface area (TPSA) is 47.6 Å². The second-order valence-corrected chi connectivity index (χ2v) is 2.94. The van der Waals surface area contributed by atoms with Crippen LogP contribution in [0, 0.1) is 5.92 Å². The Morgan fingerprint density at radius 2 is 2.17 bits per heavy atom. The Bertz CT molecular complexity index is 125. The SMILES string of the molecule is CNOC(=O)OCCCC(C)C. The van der Waals surface area contributed by atoms with Crippen LogP contribution in [-0.2, 0) is 9.57 Å². The zero-order chi connectivity index (χ0) is 9.40. The average Bonchev–Trinajstić information content (AvgIpc) is 1.98. The molecule has 0 saturated heterocycles. The normalized spacial score (nSPS) is 10.0. The summed E-state index contributed by atoms with van der Waals surface area (Å²) in [6, 6.07) is 0. The maximum Gasteiger partial charge on any atom is 0.527 e. The summed E-state index contributed by atoms with van der Waals surface area (Å²) in [6.07, 6.45) is 1.28. The van der Waals surface area contributed by atoms with Gasteiger partial charge in [-0.1, -0.05) is 13.8 Å². The summed E-state index contributed by atoms with van der Waals surface area (Å²) < 4.78 is 4.71. The van der Waals surface area contributed by atoms with Crippen molar-refractivity contribution in [2.24, 2.45) is 5.92 Å². The van der Waals surface area contributed by atoms with E-state index < -0.39 is 6.16 Å². The number of carbonyl (C=O) groups is 1. The third-order valence-corrected chi connectivity index (χ3v) is 1.33. The predicted molar refractivity (Wildman–Crippen MR) is 45.6 cm³/mol. The Morgan fingerprint density at radius 1 is 1.50 bits per heavy atom. The van der Waals surface area contributed by atoms with Crippen molar-refractivity contribution in [2.45, 2.75) is 26.7 Å². The highest BCUT2D eigenvalue weighted by atomic mass is 16.8. The van der Waals surface area contributed by atoms with Crippen molar-refractivity contribution in [2.75, 3.05) is 13.7 Å². The molecule has 0 bridgehead atoms. The molecule has 0 heterocycles. The van der Waals surface area contributed by atoms with Gasteiger partial charge in [0.25, 0.3) is 0 Å². The van der Waals surface area contributed by atoms with Crippen LogP contribution >= 0.6 is 0 Å². The lowest BCUT2D eigenvalue weighted by atomic mass is 10.1. The molecule has 1 N–H and O–H groups in total. The first kappa shape index (κ1) is 11.2. The van der Waals surface area contributed by atoms with Gasteiger partial charge in [0.15, 0.2) is 0 Å². The fourth-order valence-corrected chi connectivity index (χ4v) is 0.760. The number of carbonyl (C=O) groups excluding carboxylic acids is 1. The van der Waals surface area contributed by atoms with Gasteiger partial charge in [0.1, 0.15) is 0 Å². The third kappa shape index (κ3) is 7.34. The molecule has 0 aromatic heterocycles. The molecule has 0 amide bonds. The van der Waals surface area contributed by atoms with Gasteiger partial charge in [-0.3, -0.25) is 0 Å². The van der Waals surface area contributed by atoms with Crippen LogP contribution in [0.4, 0.5) is 4.79 Å². The third-order valence-electron chi connectivity index (χ3n) is 1.33. The van der Waals surface area contributed by atoms with Gasteiger partial charge in [-0.25, -0.2) is 4.79 Å². The molecule has 0 spiro atoms.